The predicted molar refractivity (Wildman–Crippen MR) is 166 cm³/mol. The summed E-state index contributed by atoms with van der Waals surface area (Å²) in [4.78, 5) is 11.5. The third-order valence-corrected chi connectivity index (χ3v) is 6.99. The molecule has 0 heterocycles. The fraction of sp³-hybridized carbons (Fsp3) is 0.167. The van der Waals surface area contributed by atoms with Crippen LogP contribution in [0.4, 0.5) is 5.69 Å². The Kier molecular flexibility index (Phi) is 12.4. The van der Waals surface area contributed by atoms with Crippen molar-refractivity contribution >= 4 is 77.7 Å². The Balaban J connectivity index is 0.000000611. The molecular formula is C30H27Cl3FeN3S. The van der Waals surface area contributed by atoms with Crippen molar-refractivity contribution in [3.8, 4) is 0 Å². The van der Waals surface area contributed by atoms with Crippen LogP contribution in [-0.2, 0) is 13.1 Å². The average Bonchev–Trinajstić information content (AvgIpc) is 3.20. The standard InChI is InChI=1S/C28H23ClN2S.C2H4N.2ClH.Fe/c1-18-6-3-7-19(2)26(18)31-28-24-11-5-9-20-8-4-10-23(25(20)24)27(28)30-16-17-32-22-14-12-21(29)13-15-22;1-2-3;;;/h3-15H,16-17H2,1-2H3;2H,1H3;2*1H;/q;-1;;;+3/p-2. The molecule has 0 fully saturated rings. The van der Waals surface area contributed by atoms with Crippen molar-refractivity contribution in [2.45, 2.75) is 25.7 Å². The number of hydrogen-bond acceptors (Lipinski definition) is 3. The fourth-order valence-corrected chi connectivity index (χ4v) is 5.08. The van der Waals surface area contributed by atoms with E-state index in [0.717, 1.165) is 40.6 Å². The van der Waals surface area contributed by atoms with Crippen molar-refractivity contribution in [2.75, 3.05) is 12.3 Å². The number of thioether (sulfide) groups is 1. The molecule has 1 aliphatic rings. The van der Waals surface area contributed by atoms with Crippen LogP contribution in [0.15, 0.2) is 93.7 Å². The second-order valence-corrected chi connectivity index (χ2v) is 11.7. The zero-order chi connectivity index (χ0) is 27.5. The van der Waals surface area contributed by atoms with Crippen molar-refractivity contribution in [2.24, 2.45) is 9.98 Å². The van der Waals surface area contributed by atoms with Gasteiger partial charge >= 0.3 is 33.3 Å². The molecule has 1 aliphatic carbocycles. The maximum atomic E-state index is 7.44. The molecule has 0 saturated heterocycles. The van der Waals surface area contributed by atoms with Gasteiger partial charge in [0.05, 0.1) is 17.1 Å². The van der Waals surface area contributed by atoms with Gasteiger partial charge in [-0.2, -0.15) is 0 Å². The van der Waals surface area contributed by atoms with Crippen LogP contribution in [0.1, 0.15) is 29.2 Å². The van der Waals surface area contributed by atoms with Gasteiger partial charge in [0, 0.05) is 38.7 Å². The Morgan fingerprint density at radius 1 is 0.842 bits per heavy atom. The third kappa shape index (κ3) is 7.72. The molecule has 0 saturated carbocycles. The molecule has 0 atom stereocenters. The molecule has 0 N–H and O–H groups in total. The first-order valence-electron chi connectivity index (χ1n) is 11.8. The minimum atomic E-state index is 0.194. The number of nitrogens with zero attached hydrogens (tertiary/aromatic N) is 3. The van der Waals surface area contributed by atoms with Crippen LogP contribution in [0, 0.1) is 13.8 Å². The quantitative estimate of drug-likeness (QED) is 0.0945. The van der Waals surface area contributed by atoms with Gasteiger partial charge in [-0.1, -0.05) is 73.1 Å². The number of aryl methyl sites for hydroxylation is 2. The Bertz CT molecular complexity index is 1430. The summed E-state index contributed by atoms with van der Waals surface area (Å²) in [5, 5.41) is 10.7. The summed E-state index contributed by atoms with van der Waals surface area (Å²) in [6.07, 6.45) is 1.00. The van der Waals surface area contributed by atoms with E-state index in [1.165, 1.54) is 37.9 Å². The van der Waals surface area contributed by atoms with Gasteiger partial charge in [-0.25, -0.2) is 11.2 Å². The van der Waals surface area contributed by atoms with Gasteiger partial charge in [0.15, 0.2) is 0 Å². The monoisotopic (exact) mass is 622 g/mol. The average molecular weight is 624 g/mol. The summed E-state index contributed by atoms with van der Waals surface area (Å²) in [5.74, 6) is 0.897. The van der Waals surface area contributed by atoms with E-state index in [9.17, 15) is 0 Å². The molecule has 3 nitrogen and oxygen atoms in total. The molecule has 0 unspecified atom stereocenters. The minimum absolute atomic E-state index is 0.194. The number of para-hydroxylation sites is 1. The zero-order valence-corrected chi connectivity index (χ0v) is 25.4. The van der Waals surface area contributed by atoms with Crippen LogP contribution in [0.25, 0.3) is 16.2 Å². The van der Waals surface area contributed by atoms with E-state index in [4.69, 9.17) is 47.2 Å². The number of aliphatic imine (C=N–C) groups is 2. The second-order valence-electron chi connectivity index (χ2n) is 8.25. The van der Waals surface area contributed by atoms with Gasteiger partial charge in [-0.05, 0) is 54.6 Å². The first-order chi connectivity index (χ1) is 18.4. The van der Waals surface area contributed by atoms with E-state index in [-0.39, 0.29) is 13.1 Å². The van der Waals surface area contributed by atoms with Crippen molar-refractivity contribution < 1.29 is 13.1 Å². The first-order valence-corrected chi connectivity index (χ1v) is 16.2. The van der Waals surface area contributed by atoms with Gasteiger partial charge in [0.2, 0.25) is 0 Å². The number of benzene rings is 4. The van der Waals surface area contributed by atoms with E-state index >= 15 is 0 Å². The van der Waals surface area contributed by atoms with E-state index in [1.54, 1.807) is 18.7 Å². The molecule has 0 spiro atoms. The molecule has 0 radical (unpaired) electrons. The zero-order valence-electron chi connectivity index (χ0n) is 21.2. The van der Waals surface area contributed by atoms with Crippen molar-refractivity contribution in [1.82, 2.24) is 0 Å². The second kappa shape index (κ2) is 15.5. The summed E-state index contributed by atoms with van der Waals surface area (Å²) in [5.41, 5.74) is 7.72. The van der Waals surface area contributed by atoms with Gasteiger partial charge in [-0.15, -0.1) is 11.8 Å². The normalized spacial score (nSPS) is 13.6. The molecule has 0 bridgehead atoms. The molecule has 4 aromatic rings. The predicted octanol–water partition coefficient (Wildman–Crippen LogP) is 9.85. The molecule has 5 rings (SSSR count). The first kappa shape index (κ1) is 30.4. The molecule has 197 valence electrons. The van der Waals surface area contributed by atoms with Crippen molar-refractivity contribution in [1.29, 1.82) is 0 Å². The van der Waals surface area contributed by atoms with Crippen LogP contribution < -0.4 is 0 Å². The molecule has 8 heteroatoms. The van der Waals surface area contributed by atoms with Crippen molar-refractivity contribution in [3.63, 3.8) is 0 Å². The topological polar surface area (TPSA) is 47.0 Å². The Labute approximate surface area is 248 Å². The third-order valence-electron chi connectivity index (χ3n) is 5.75. The summed E-state index contributed by atoms with van der Waals surface area (Å²) in [6, 6.07) is 27.2. The van der Waals surface area contributed by atoms with Crippen molar-refractivity contribution in [3.05, 3.63) is 112 Å². The van der Waals surface area contributed by atoms with Crippen LogP contribution in [0.5, 0.6) is 0 Å². The maximum absolute atomic E-state index is 7.44. The van der Waals surface area contributed by atoms with Gasteiger partial charge < -0.3 is 5.41 Å². The fourth-order valence-electron chi connectivity index (χ4n) is 4.21. The molecule has 0 aliphatic heterocycles. The summed E-state index contributed by atoms with van der Waals surface area (Å²) < 4.78 is 0. The van der Waals surface area contributed by atoms with Crippen LogP contribution in [-0.4, -0.2) is 29.9 Å². The SMILES string of the molecule is CC=[N-].Cc1cccc(C)c1N=C1C(=NCCSc2ccc(Cl)cc2)c2cccc3cccc1c23.[Cl][Fe+][Cl]. The summed E-state index contributed by atoms with van der Waals surface area (Å²) in [6.45, 7) is 6.52. The molecule has 38 heavy (non-hydrogen) atoms. The Hall–Kier alpha value is -2.11. The summed E-state index contributed by atoms with van der Waals surface area (Å²) in [7, 11) is 9.53. The number of halogens is 3. The van der Waals surface area contributed by atoms with E-state index < -0.39 is 0 Å². The van der Waals surface area contributed by atoms with E-state index in [0.29, 0.717) is 0 Å². The van der Waals surface area contributed by atoms with E-state index in [1.807, 2.05) is 12.1 Å². The van der Waals surface area contributed by atoms with Gasteiger partial charge in [-0.3, -0.25) is 4.99 Å². The van der Waals surface area contributed by atoms with Crippen LogP contribution in [0.3, 0.4) is 0 Å². The summed E-state index contributed by atoms with van der Waals surface area (Å²) >= 11 is 7.99. The van der Waals surface area contributed by atoms with Gasteiger partial charge in [0.1, 0.15) is 0 Å². The number of rotatable bonds is 5. The molecule has 4 aromatic carbocycles. The van der Waals surface area contributed by atoms with Crippen LogP contribution in [0.2, 0.25) is 5.02 Å². The Morgan fingerprint density at radius 3 is 1.95 bits per heavy atom. The van der Waals surface area contributed by atoms with Gasteiger partial charge in [0.25, 0.3) is 0 Å². The Morgan fingerprint density at radius 2 is 1.37 bits per heavy atom. The molecule has 0 aromatic heterocycles. The molecular weight excluding hydrogens is 597 g/mol. The van der Waals surface area contributed by atoms with Crippen LogP contribution >= 0.6 is 43.6 Å². The molecule has 0 amide bonds. The number of hydrogen-bond donors (Lipinski definition) is 0. The van der Waals surface area contributed by atoms with E-state index in [2.05, 4.69) is 80.6 Å².